The first-order chi connectivity index (χ1) is 19.9. The Bertz CT molecular complexity index is 1950. The summed E-state index contributed by atoms with van der Waals surface area (Å²) < 4.78 is 51.5. The Morgan fingerprint density at radius 2 is 1.46 bits per heavy atom. The minimum Gasteiger partial charge on any atom is -0.497 e. The van der Waals surface area contributed by atoms with Gasteiger partial charge in [0.15, 0.2) is 17.1 Å². The second-order valence-electron chi connectivity index (χ2n) is 8.88. The van der Waals surface area contributed by atoms with Gasteiger partial charge in [0.1, 0.15) is 27.8 Å². The highest BCUT2D eigenvalue weighted by molar-refractivity contribution is 7.91. The SMILES string of the molecule is COc1ccc(-c2cc(-c3nn4cc(-c5ccncc5)cnc4c3S(=O)(=O)c3cc(OC)cc(OC)c3)on2)cc1. The number of benzene rings is 2. The van der Waals surface area contributed by atoms with Gasteiger partial charge < -0.3 is 18.7 Å². The van der Waals surface area contributed by atoms with Crippen molar-refractivity contribution in [2.75, 3.05) is 21.3 Å². The number of nitrogens with zero attached hydrogens (tertiary/aromatic N) is 5. The van der Waals surface area contributed by atoms with Crippen molar-refractivity contribution in [3.63, 3.8) is 0 Å². The van der Waals surface area contributed by atoms with E-state index in [1.54, 1.807) is 56.2 Å². The minimum atomic E-state index is -4.23. The summed E-state index contributed by atoms with van der Waals surface area (Å²) in [6.07, 6.45) is 6.61. The Morgan fingerprint density at radius 1 is 0.780 bits per heavy atom. The maximum atomic E-state index is 14.3. The molecule has 0 aliphatic heterocycles. The average molecular weight is 570 g/mol. The van der Waals surface area contributed by atoms with E-state index in [-0.39, 0.29) is 26.9 Å². The molecule has 6 aromatic rings. The van der Waals surface area contributed by atoms with Gasteiger partial charge in [0, 0.05) is 48.0 Å². The highest BCUT2D eigenvalue weighted by atomic mass is 32.2. The molecule has 12 heteroatoms. The molecule has 0 N–H and O–H groups in total. The number of ether oxygens (including phenoxy) is 3. The van der Waals surface area contributed by atoms with Crippen LogP contribution in [0.3, 0.4) is 0 Å². The number of sulfone groups is 1. The molecule has 0 atom stereocenters. The third kappa shape index (κ3) is 4.74. The van der Waals surface area contributed by atoms with Gasteiger partial charge in [-0.1, -0.05) is 5.16 Å². The summed E-state index contributed by atoms with van der Waals surface area (Å²) in [7, 11) is 0.251. The largest absolute Gasteiger partial charge is 0.497 e. The van der Waals surface area contributed by atoms with Crippen molar-refractivity contribution in [3.8, 4) is 51.1 Å². The summed E-state index contributed by atoms with van der Waals surface area (Å²) in [6.45, 7) is 0. The van der Waals surface area contributed by atoms with Crippen molar-refractivity contribution in [3.05, 3.63) is 85.5 Å². The molecule has 0 bridgehead atoms. The first-order valence-corrected chi connectivity index (χ1v) is 13.8. The van der Waals surface area contributed by atoms with E-state index in [2.05, 4.69) is 20.2 Å². The first-order valence-electron chi connectivity index (χ1n) is 12.3. The molecule has 0 aliphatic carbocycles. The van der Waals surface area contributed by atoms with Crippen LogP contribution in [0.25, 0.3) is 39.5 Å². The van der Waals surface area contributed by atoms with Crippen LogP contribution in [0.15, 0.2) is 99.8 Å². The van der Waals surface area contributed by atoms with Crippen LogP contribution in [0.1, 0.15) is 0 Å². The Kier molecular flexibility index (Phi) is 6.59. The molecule has 206 valence electrons. The summed E-state index contributed by atoms with van der Waals surface area (Å²) in [4.78, 5) is 8.38. The normalized spacial score (nSPS) is 11.5. The van der Waals surface area contributed by atoms with Crippen LogP contribution in [0.2, 0.25) is 0 Å². The van der Waals surface area contributed by atoms with Crippen LogP contribution in [0.5, 0.6) is 17.2 Å². The topological polar surface area (TPSA) is 131 Å². The first kappa shape index (κ1) is 26.0. The Hall–Kier alpha value is -5.23. The molecule has 41 heavy (non-hydrogen) atoms. The number of hydrogen-bond acceptors (Lipinski definition) is 10. The fourth-order valence-corrected chi connectivity index (χ4v) is 5.92. The Morgan fingerprint density at radius 3 is 2.12 bits per heavy atom. The molecular weight excluding hydrogens is 546 g/mol. The molecule has 4 aromatic heterocycles. The van der Waals surface area contributed by atoms with Crippen molar-refractivity contribution < 1.29 is 27.2 Å². The van der Waals surface area contributed by atoms with E-state index in [4.69, 9.17) is 18.7 Å². The lowest BCUT2D eigenvalue weighted by molar-refractivity contribution is 0.392. The van der Waals surface area contributed by atoms with E-state index < -0.39 is 9.84 Å². The fourth-order valence-electron chi connectivity index (χ4n) is 4.36. The maximum absolute atomic E-state index is 14.3. The van der Waals surface area contributed by atoms with Crippen LogP contribution >= 0.6 is 0 Å². The molecule has 0 saturated heterocycles. The predicted molar refractivity (Wildman–Crippen MR) is 149 cm³/mol. The maximum Gasteiger partial charge on any atom is 0.212 e. The summed E-state index contributed by atoms with van der Waals surface area (Å²) in [5, 5.41) is 8.80. The van der Waals surface area contributed by atoms with Crippen LogP contribution in [-0.4, -0.2) is 54.5 Å². The van der Waals surface area contributed by atoms with E-state index in [0.717, 1.165) is 16.7 Å². The highest BCUT2D eigenvalue weighted by Crippen LogP contribution is 2.38. The second-order valence-corrected chi connectivity index (χ2v) is 10.8. The summed E-state index contributed by atoms with van der Waals surface area (Å²) in [5.41, 5.74) is 2.98. The van der Waals surface area contributed by atoms with E-state index in [1.807, 2.05) is 24.3 Å². The van der Waals surface area contributed by atoms with E-state index in [0.29, 0.717) is 22.9 Å². The third-order valence-corrected chi connectivity index (χ3v) is 8.25. The fraction of sp³-hybridized carbons (Fsp3) is 0.103. The standard InChI is InChI=1S/C29H23N5O6S/c1-37-21-6-4-19(5-7-21)25-15-26(40-33-25)27-28(41(35,36)24-13-22(38-2)12-23(14-24)39-3)29-31-16-20(17-34(29)32-27)18-8-10-30-11-9-18/h4-17H,1-3H3. The highest BCUT2D eigenvalue weighted by Gasteiger charge is 2.32. The Balaban J connectivity index is 1.56. The van der Waals surface area contributed by atoms with Crippen LogP contribution in [0.4, 0.5) is 0 Å². The second kappa shape index (κ2) is 10.4. The lowest BCUT2D eigenvalue weighted by atomic mass is 10.1. The zero-order valence-corrected chi connectivity index (χ0v) is 23.0. The molecule has 4 heterocycles. The summed E-state index contributed by atoms with van der Waals surface area (Å²) in [6, 6.07) is 17.0. The Labute approximate surface area is 234 Å². The number of fused-ring (bicyclic) bond motifs is 1. The summed E-state index contributed by atoms with van der Waals surface area (Å²) in [5.74, 6) is 1.47. The predicted octanol–water partition coefficient (Wildman–Crippen LogP) is 4.97. The molecule has 0 spiro atoms. The van der Waals surface area contributed by atoms with Crippen LogP contribution < -0.4 is 14.2 Å². The van der Waals surface area contributed by atoms with Crippen molar-refractivity contribution in [2.24, 2.45) is 0 Å². The molecule has 0 radical (unpaired) electrons. The molecule has 0 unspecified atom stereocenters. The quantitative estimate of drug-likeness (QED) is 0.247. The molecule has 2 aromatic carbocycles. The van der Waals surface area contributed by atoms with Gasteiger partial charge in [-0.25, -0.2) is 17.9 Å². The lowest BCUT2D eigenvalue weighted by Gasteiger charge is -2.09. The number of rotatable bonds is 8. The van der Waals surface area contributed by atoms with Crippen molar-refractivity contribution in [1.29, 1.82) is 0 Å². The van der Waals surface area contributed by atoms with Crippen molar-refractivity contribution >= 4 is 15.5 Å². The van der Waals surface area contributed by atoms with Gasteiger partial charge in [-0.15, -0.1) is 0 Å². The molecule has 11 nitrogen and oxygen atoms in total. The zero-order valence-electron chi connectivity index (χ0n) is 22.2. The van der Waals surface area contributed by atoms with Gasteiger partial charge in [0.05, 0.1) is 26.2 Å². The molecule has 0 amide bonds. The van der Waals surface area contributed by atoms with Crippen molar-refractivity contribution in [1.82, 2.24) is 24.7 Å². The van der Waals surface area contributed by atoms with Gasteiger partial charge in [-0.3, -0.25) is 4.98 Å². The monoisotopic (exact) mass is 569 g/mol. The summed E-state index contributed by atoms with van der Waals surface area (Å²) >= 11 is 0. The van der Waals surface area contributed by atoms with Crippen LogP contribution in [0, 0.1) is 0 Å². The van der Waals surface area contributed by atoms with Gasteiger partial charge in [0.25, 0.3) is 0 Å². The number of methoxy groups -OCH3 is 3. The molecule has 6 rings (SSSR count). The molecular formula is C29H23N5O6S. The van der Waals surface area contributed by atoms with Gasteiger partial charge in [-0.2, -0.15) is 5.10 Å². The van der Waals surface area contributed by atoms with Gasteiger partial charge in [-0.05, 0) is 54.1 Å². The van der Waals surface area contributed by atoms with Gasteiger partial charge >= 0.3 is 0 Å². The number of pyridine rings is 1. The third-order valence-electron chi connectivity index (χ3n) is 6.48. The van der Waals surface area contributed by atoms with Gasteiger partial charge in [0.2, 0.25) is 9.84 Å². The number of aromatic nitrogens is 5. The van der Waals surface area contributed by atoms with Crippen molar-refractivity contribution in [2.45, 2.75) is 9.79 Å². The molecule has 0 saturated carbocycles. The average Bonchev–Trinajstić information content (AvgIpc) is 3.66. The number of hydrogen-bond donors (Lipinski definition) is 0. The zero-order chi connectivity index (χ0) is 28.6. The van der Waals surface area contributed by atoms with E-state index >= 15 is 0 Å². The smallest absolute Gasteiger partial charge is 0.212 e. The van der Waals surface area contributed by atoms with E-state index in [9.17, 15) is 8.42 Å². The molecule has 0 aliphatic rings. The minimum absolute atomic E-state index is 0.0541. The van der Waals surface area contributed by atoms with Crippen LogP contribution in [-0.2, 0) is 9.84 Å². The molecule has 0 fully saturated rings. The lowest BCUT2D eigenvalue weighted by Crippen LogP contribution is -2.05. The van der Waals surface area contributed by atoms with E-state index in [1.165, 1.54) is 30.9 Å².